The predicted octanol–water partition coefficient (Wildman–Crippen LogP) is 3.14. The van der Waals surface area contributed by atoms with Gasteiger partial charge in [-0.1, -0.05) is 38.2 Å². The van der Waals surface area contributed by atoms with Crippen molar-refractivity contribution in [2.24, 2.45) is 17.6 Å². The number of nitrogen functional groups attached to an aromatic ring is 1. The lowest BCUT2D eigenvalue weighted by Crippen LogP contribution is -2.37. The van der Waals surface area contributed by atoms with Gasteiger partial charge in [-0.15, -0.1) is 0 Å². The number of benzene rings is 1. The van der Waals surface area contributed by atoms with Crippen LogP contribution in [0, 0.1) is 11.8 Å². The number of aliphatic hydroxyl groups excluding tert-OH is 1. The third-order valence-electron chi connectivity index (χ3n) is 6.87. The SMILES string of the molecule is COC1/C=C\C=C(/C)C(=O)Nc2cc(O)c(N)c(c2O)C[C@@H](C)C[C@H](OC)C(O)[C@@H](C)/C=C(\C)C1OC(N)=O. The zero-order chi connectivity index (χ0) is 29.4. The maximum atomic E-state index is 12.8. The molecule has 0 fully saturated rings. The molecule has 2 amide bonds. The average molecular weight is 548 g/mol. The molecule has 2 bridgehead atoms. The van der Waals surface area contributed by atoms with E-state index in [4.69, 9.17) is 25.7 Å². The number of nitrogens with two attached hydrogens (primary N) is 2. The van der Waals surface area contributed by atoms with Gasteiger partial charge in [0.15, 0.2) is 6.10 Å². The number of anilines is 2. The second-order valence-corrected chi connectivity index (χ2v) is 10.0. The Hall–Kier alpha value is -3.54. The molecule has 8 N–H and O–H groups in total. The Bertz CT molecular complexity index is 1130. The van der Waals surface area contributed by atoms with Gasteiger partial charge in [-0.25, -0.2) is 4.79 Å². The van der Waals surface area contributed by atoms with Crippen LogP contribution in [-0.4, -0.2) is 66.0 Å². The fourth-order valence-corrected chi connectivity index (χ4v) is 4.63. The Morgan fingerprint density at radius 3 is 2.41 bits per heavy atom. The van der Waals surface area contributed by atoms with Gasteiger partial charge < -0.3 is 46.3 Å². The molecule has 0 spiro atoms. The van der Waals surface area contributed by atoms with Crippen LogP contribution in [0.3, 0.4) is 0 Å². The molecule has 0 aliphatic carbocycles. The maximum absolute atomic E-state index is 12.8. The Morgan fingerprint density at radius 1 is 1.15 bits per heavy atom. The molecule has 1 heterocycles. The van der Waals surface area contributed by atoms with Gasteiger partial charge in [-0.2, -0.15) is 0 Å². The van der Waals surface area contributed by atoms with E-state index >= 15 is 0 Å². The number of phenolic OH excluding ortho intramolecular Hbond substituents is 2. The molecule has 39 heavy (non-hydrogen) atoms. The number of rotatable bonds is 3. The molecule has 216 valence electrons. The highest BCUT2D eigenvalue weighted by Crippen LogP contribution is 2.40. The molecule has 6 atom stereocenters. The highest BCUT2D eigenvalue weighted by atomic mass is 16.6. The van der Waals surface area contributed by atoms with E-state index in [1.165, 1.54) is 26.4 Å². The lowest BCUT2D eigenvalue weighted by atomic mass is 9.87. The lowest BCUT2D eigenvalue weighted by molar-refractivity contribution is -0.112. The highest BCUT2D eigenvalue weighted by molar-refractivity contribution is 6.04. The Balaban J connectivity index is 2.62. The first-order chi connectivity index (χ1) is 18.3. The summed E-state index contributed by atoms with van der Waals surface area (Å²) in [5.41, 5.74) is 12.6. The molecule has 1 aromatic carbocycles. The normalized spacial score (nSPS) is 30.8. The summed E-state index contributed by atoms with van der Waals surface area (Å²) in [5.74, 6) is -1.63. The van der Waals surface area contributed by atoms with E-state index in [-0.39, 0.29) is 46.3 Å². The number of aromatic hydroxyl groups is 2. The summed E-state index contributed by atoms with van der Waals surface area (Å²) >= 11 is 0. The van der Waals surface area contributed by atoms with E-state index < -0.39 is 42.3 Å². The zero-order valence-corrected chi connectivity index (χ0v) is 23.3. The summed E-state index contributed by atoms with van der Waals surface area (Å²) in [4.78, 5) is 24.5. The molecule has 3 unspecified atom stereocenters. The zero-order valence-electron chi connectivity index (χ0n) is 23.3. The van der Waals surface area contributed by atoms with Crippen molar-refractivity contribution in [3.05, 3.63) is 47.1 Å². The molecule has 2 rings (SSSR count). The van der Waals surface area contributed by atoms with E-state index in [2.05, 4.69) is 5.32 Å². The second kappa shape index (κ2) is 14.0. The molecule has 1 aliphatic rings. The lowest BCUT2D eigenvalue weighted by Gasteiger charge is -2.29. The van der Waals surface area contributed by atoms with Crippen LogP contribution < -0.4 is 16.8 Å². The van der Waals surface area contributed by atoms with Crippen molar-refractivity contribution >= 4 is 23.4 Å². The summed E-state index contributed by atoms with van der Waals surface area (Å²) in [6.45, 7) is 7.01. The summed E-state index contributed by atoms with van der Waals surface area (Å²) in [6, 6.07) is 1.19. The van der Waals surface area contributed by atoms with Crippen molar-refractivity contribution in [2.45, 2.75) is 65.0 Å². The predicted molar refractivity (Wildman–Crippen MR) is 148 cm³/mol. The summed E-state index contributed by atoms with van der Waals surface area (Å²) in [5, 5.41) is 35.0. The number of hydrogen-bond acceptors (Lipinski definition) is 9. The van der Waals surface area contributed by atoms with E-state index in [0.717, 1.165) is 0 Å². The minimum atomic E-state index is -0.992. The van der Waals surface area contributed by atoms with E-state index in [1.54, 1.807) is 39.0 Å². The van der Waals surface area contributed by atoms with E-state index in [9.17, 15) is 24.9 Å². The van der Waals surface area contributed by atoms with Gasteiger partial charge in [-0.05, 0) is 38.2 Å². The maximum Gasteiger partial charge on any atom is 0.405 e. The monoisotopic (exact) mass is 547 g/mol. The molecule has 0 aromatic heterocycles. The molecule has 1 aromatic rings. The third kappa shape index (κ3) is 8.22. The number of carbonyl (C=O) groups excluding carboxylic acids is 2. The van der Waals surface area contributed by atoms with Gasteiger partial charge in [0, 0.05) is 37.3 Å². The molecular formula is C28H41N3O8. The third-order valence-corrected chi connectivity index (χ3v) is 6.87. The Kier molecular flexibility index (Phi) is 11.4. The minimum absolute atomic E-state index is 0.00464. The second-order valence-electron chi connectivity index (χ2n) is 10.0. The molecule has 0 saturated heterocycles. The number of amides is 2. The minimum Gasteiger partial charge on any atom is -0.506 e. The fourth-order valence-electron chi connectivity index (χ4n) is 4.63. The Morgan fingerprint density at radius 2 is 1.82 bits per heavy atom. The number of methoxy groups -OCH3 is 2. The molecule has 0 saturated carbocycles. The summed E-state index contributed by atoms with van der Waals surface area (Å²) in [6.07, 6.45) is 2.90. The van der Waals surface area contributed by atoms with Crippen LogP contribution in [0.25, 0.3) is 0 Å². The van der Waals surface area contributed by atoms with Gasteiger partial charge >= 0.3 is 6.09 Å². The van der Waals surface area contributed by atoms with Gasteiger partial charge in [0.2, 0.25) is 0 Å². The first-order valence-corrected chi connectivity index (χ1v) is 12.7. The van der Waals surface area contributed by atoms with Gasteiger partial charge in [-0.3, -0.25) is 4.79 Å². The average Bonchev–Trinajstić information content (AvgIpc) is 2.88. The summed E-state index contributed by atoms with van der Waals surface area (Å²) < 4.78 is 16.5. The van der Waals surface area contributed by atoms with Crippen LogP contribution >= 0.6 is 0 Å². The number of phenols is 2. The fraction of sp³-hybridized carbons (Fsp3) is 0.500. The van der Waals surface area contributed by atoms with Crippen LogP contribution in [0.1, 0.15) is 39.7 Å². The number of carbonyl (C=O) groups is 2. The van der Waals surface area contributed by atoms with Crippen LogP contribution in [0.2, 0.25) is 0 Å². The van der Waals surface area contributed by atoms with Crippen LogP contribution in [-0.2, 0) is 25.4 Å². The number of fused-ring (bicyclic) bond motifs is 2. The Labute approximate surface area is 229 Å². The van der Waals surface area contributed by atoms with Crippen molar-refractivity contribution < 1.29 is 39.1 Å². The molecule has 11 heteroatoms. The highest BCUT2D eigenvalue weighted by Gasteiger charge is 2.30. The van der Waals surface area contributed by atoms with Crippen molar-refractivity contribution in [3.63, 3.8) is 0 Å². The van der Waals surface area contributed by atoms with Gasteiger partial charge in [0.1, 0.15) is 17.6 Å². The first-order valence-electron chi connectivity index (χ1n) is 12.7. The standard InChI is InChI=1S/C28H41N3O8/c1-14-10-18-23(29)20(32)13-19(25(18)34)31-27(35)15(2)8-7-9-21(37-5)26(39-28(30)36)17(4)12-16(3)24(33)22(11-14)38-6/h7-9,12-14,16,21-22,24,26,32-34H,10-11,29H2,1-6H3,(H2,30,36)(H,31,35)/b9-7-,15-8+,17-12+/t14-,16+,21?,22+,24?,26?/m1/s1. The number of ether oxygens (including phenoxy) is 3. The van der Waals surface area contributed by atoms with Crippen molar-refractivity contribution in [3.8, 4) is 11.5 Å². The number of primary amides is 1. The smallest absolute Gasteiger partial charge is 0.405 e. The summed E-state index contributed by atoms with van der Waals surface area (Å²) in [7, 11) is 2.93. The largest absolute Gasteiger partial charge is 0.506 e. The van der Waals surface area contributed by atoms with E-state index in [1.807, 2.05) is 6.92 Å². The van der Waals surface area contributed by atoms with Crippen molar-refractivity contribution in [1.82, 2.24) is 0 Å². The van der Waals surface area contributed by atoms with Crippen LogP contribution in [0.4, 0.5) is 16.2 Å². The van der Waals surface area contributed by atoms with Crippen LogP contribution in [0.15, 0.2) is 41.5 Å². The first kappa shape index (κ1) is 31.7. The molecule has 1 aliphatic heterocycles. The van der Waals surface area contributed by atoms with Crippen molar-refractivity contribution in [2.75, 3.05) is 25.3 Å². The molecule has 11 nitrogen and oxygen atoms in total. The number of nitrogens with one attached hydrogen (secondary N) is 1. The van der Waals surface area contributed by atoms with E-state index in [0.29, 0.717) is 12.0 Å². The van der Waals surface area contributed by atoms with Crippen LogP contribution in [0.5, 0.6) is 11.5 Å². The van der Waals surface area contributed by atoms with Crippen molar-refractivity contribution in [1.29, 1.82) is 0 Å². The van der Waals surface area contributed by atoms with Gasteiger partial charge in [0.25, 0.3) is 5.91 Å². The molecule has 0 radical (unpaired) electrons. The number of hydrogen-bond donors (Lipinski definition) is 6. The molecular weight excluding hydrogens is 506 g/mol. The number of aliphatic hydroxyl groups is 1. The number of allylic oxidation sites excluding steroid dienone is 2. The van der Waals surface area contributed by atoms with Gasteiger partial charge in [0.05, 0.1) is 23.6 Å². The topological polar surface area (TPSA) is 187 Å². The quantitative estimate of drug-likeness (QED) is 0.143.